The number of rotatable bonds is 0. The van der Waals surface area contributed by atoms with Gasteiger partial charge in [-0.25, -0.2) is 23.3 Å². The summed E-state index contributed by atoms with van der Waals surface area (Å²) in [5.74, 6) is 0. The van der Waals surface area contributed by atoms with Crippen molar-refractivity contribution in [3.63, 3.8) is 0 Å². The molecule has 2 rings (SSSR count). The van der Waals surface area contributed by atoms with E-state index in [0.717, 1.165) is 0 Å². The SMILES string of the molecule is Cc1cc[c-](C)c1.Cc1cc[c-](C)c1.[CH2-]Cl.[Zr+3]. The zero-order valence-corrected chi connectivity index (χ0v) is 14.3. The molecule has 0 aliphatic rings. The van der Waals surface area contributed by atoms with Crippen molar-refractivity contribution in [1.82, 2.24) is 0 Å². The molecule has 0 N–H and O–H groups in total. The average Bonchev–Trinajstić information content (AvgIpc) is 2.80. The minimum absolute atomic E-state index is 0. The summed E-state index contributed by atoms with van der Waals surface area (Å²) < 4.78 is 0. The predicted octanol–water partition coefficient (Wildman–Crippen LogP) is 5.06. The van der Waals surface area contributed by atoms with Crippen LogP contribution in [0.5, 0.6) is 0 Å². The van der Waals surface area contributed by atoms with Gasteiger partial charge < -0.3 is 11.6 Å². The van der Waals surface area contributed by atoms with Gasteiger partial charge in [-0.05, 0) is 0 Å². The van der Waals surface area contributed by atoms with E-state index >= 15 is 0 Å². The minimum Gasteiger partial charge on any atom is -0.352 e. The molecule has 0 spiro atoms. The summed E-state index contributed by atoms with van der Waals surface area (Å²) >= 11 is 4.39. The van der Waals surface area contributed by atoms with Crippen LogP contribution in [0, 0.1) is 34.1 Å². The number of aryl methyl sites for hydroxylation is 4. The fourth-order valence-electron chi connectivity index (χ4n) is 1.44. The minimum atomic E-state index is 0. The molecule has 2 heteroatoms. The van der Waals surface area contributed by atoms with Gasteiger partial charge >= 0.3 is 26.2 Å². The molecule has 0 saturated carbocycles. The van der Waals surface area contributed by atoms with Crippen LogP contribution >= 0.6 is 11.6 Å². The number of hydrogen-bond donors (Lipinski definition) is 0. The molecule has 0 heterocycles. The van der Waals surface area contributed by atoms with Crippen LogP contribution in [0.1, 0.15) is 22.3 Å². The average molecular weight is 327 g/mol. The molecule has 0 bridgehead atoms. The van der Waals surface area contributed by atoms with Crippen LogP contribution in [0.15, 0.2) is 36.4 Å². The summed E-state index contributed by atoms with van der Waals surface area (Å²) in [7, 11) is 0. The van der Waals surface area contributed by atoms with Gasteiger partial charge in [0, 0.05) is 0 Å². The first-order chi connectivity index (χ1) is 7.58. The first-order valence-electron chi connectivity index (χ1n) is 5.24. The maximum absolute atomic E-state index is 4.39. The second-order valence-electron chi connectivity index (χ2n) is 3.93. The fourth-order valence-corrected chi connectivity index (χ4v) is 1.44. The van der Waals surface area contributed by atoms with Crippen molar-refractivity contribution < 1.29 is 26.2 Å². The molecular formula is C15H20ClZr. The van der Waals surface area contributed by atoms with Crippen molar-refractivity contribution in [1.29, 1.82) is 0 Å². The maximum Gasteiger partial charge on any atom is 3.00 e. The molecular weight excluding hydrogens is 307 g/mol. The molecule has 2 aromatic rings. The number of hydrogen-bond acceptors (Lipinski definition) is 0. The van der Waals surface area contributed by atoms with Crippen LogP contribution in [0.2, 0.25) is 0 Å². The first-order valence-corrected chi connectivity index (χ1v) is 5.78. The zero-order chi connectivity index (χ0) is 12.6. The van der Waals surface area contributed by atoms with E-state index in [-0.39, 0.29) is 26.2 Å². The zero-order valence-electron chi connectivity index (χ0n) is 11.0. The Morgan fingerprint density at radius 3 is 1.24 bits per heavy atom. The van der Waals surface area contributed by atoms with Crippen molar-refractivity contribution in [2.24, 2.45) is 0 Å². The molecule has 2 aromatic carbocycles. The van der Waals surface area contributed by atoms with Gasteiger partial charge in [0.05, 0.1) is 0 Å². The summed E-state index contributed by atoms with van der Waals surface area (Å²) in [6.07, 6.45) is 2.72. The summed E-state index contributed by atoms with van der Waals surface area (Å²) in [5.41, 5.74) is 5.44. The van der Waals surface area contributed by atoms with Crippen LogP contribution < -0.4 is 0 Å². The summed E-state index contributed by atoms with van der Waals surface area (Å²) in [5, 5.41) is 0. The Balaban J connectivity index is 0. The quantitative estimate of drug-likeness (QED) is 0.594. The van der Waals surface area contributed by atoms with E-state index < -0.39 is 0 Å². The van der Waals surface area contributed by atoms with Crippen LogP contribution in [-0.2, 0) is 26.2 Å². The Labute approximate surface area is 130 Å². The first kappa shape index (κ1) is 19.2. The Morgan fingerprint density at radius 2 is 1.18 bits per heavy atom. The van der Waals surface area contributed by atoms with E-state index in [1.165, 1.54) is 22.3 Å². The largest absolute Gasteiger partial charge is 3.00 e. The Morgan fingerprint density at radius 1 is 0.882 bits per heavy atom. The van der Waals surface area contributed by atoms with E-state index in [4.69, 9.17) is 0 Å². The molecule has 91 valence electrons. The molecule has 0 saturated heterocycles. The summed E-state index contributed by atoms with van der Waals surface area (Å²) in [6.45, 7) is 8.42. The molecule has 0 atom stereocenters. The maximum atomic E-state index is 4.39. The molecule has 0 nitrogen and oxygen atoms in total. The van der Waals surface area contributed by atoms with Crippen LogP contribution in [0.25, 0.3) is 0 Å². The molecule has 0 aromatic heterocycles. The predicted molar refractivity (Wildman–Crippen MR) is 74.2 cm³/mol. The normalized spacial score (nSPS) is 8.12. The van der Waals surface area contributed by atoms with Crippen molar-refractivity contribution in [3.8, 4) is 0 Å². The Kier molecular flexibility index (Phi) is 12.4. The molecule has 0 unspecified atom stereocenters. The van der Waals surface area contributed by atoms with Crippen molar-refractivity contribution in [2.75, 3.05) is 0 Å². The monoisotopic (exact) mass is 325 g/mol. The molecule has 0 aliphatic heterocycles. The van der Waals surface area contributed by atoms with Crippen LogP contribution in [-0.4, -0.2) is 0 Å². The third-order valence-corrected chi connectivity index (χ3v) is 2.13. The van der Waals surface area contributed by atoms with Crippen molar-refractivity contribution in [3.05, 3.63) is 65.0 Å². The van der Waals surface area contributed by atoms with E-state index in [2.05, 4.69) is 82.1 Å². The van der Waals surface area contributed by atoms with E-state index in [1.54, 1.807) is 0 Å². The van der Waals surface area contributed by atoms with Crippen LogP contribution in [0.4, 0.5) is 0 Å². The Hall–Kier alpha value is -0.127. The van der Waals surface area contributed by atoms with E-state index in [0.29, 0.717) is 0 Å². The third-order valence-electron chi connectivity index (χ3n) is 2.13. The second kappa shape index (κ2) is 11.0. The van der Waals surface area contributed by atoms with Crippen LogP contribution in [0.3, 0.4) is 0 Å². The Bertz CT molecular complexity index is 314. The van der Waals surface area contributed by atoms with Gasteiger partial charge in [-0.2, -0.15) is 35.4 Å². The van der Waals surface area contributed by atoms with Gasteiger partial charge in [0.2, 0.25) is 0 Å². The van der Waals surface area contributed by atoms with Crippen molar-refractivity contribution >= 4 is 11.6 Å². The summed E-state index contributed by atoms with van der Waals surface area (Å²) in [4.78, 5) is 0. The third kappa shape index (κ3) is 9.56. The topological polar surface area (TPSA) is 0 Å². The van der Waals surface area contributed by atoms with Gasteiger partial charge in [0.15, 0.2) is 0 Å². The van der Waals surface area contributed by atoms with E-state index in [1.807, 2.05) is 0 Å². The van der Waals surface area contributed by atoms with Gasteiger partial charge in [0.1, 0.15) is 0 Å². The van der Waals surface area contributed by atoms with Gasteiger partial charge in [-0.1, -0.05) is 27.7 Å². The molecule has 0 amide bonds. The van der Waals surface area contributed by atoms with E-state index in [9.17, 15) is 0 Å². The number of halogens is 1. The molecule has 17 heavy (non-hydrogen) atoms. The standard InChI is InChI=1S/2C7H9.CH2Cl.Zr/c2*1-6-3-4-7(2)5-6;1-2;/h2*3-5H,1-2H3;1H2;/q3*-1;+3. The molecule has 0 aliphatic carbocycles. The second-order valence-corrected chi connectivity index (χ2v) is 3.93. The van der Waals surface area contributed by atoms with Gasteiger partial charge in [-0.15, -0.1) is 0 Å². The van der Waals surface area contributed by atoms with Gasteiger partial charge in [0.25, 0.3) is 0 Å². The molecule has 0 fully saturated rings. The smallest absolute Gasteiger partial charge is 0.352 e. The fraction of sp³-hybridized carbons (Fsp3) is 0.267. The molecule has 1 radical (unpaired) electrons. The van der Waals surface area contributed by atoms with Gasteiger partial charge in [-0.3, -0.25) is 6.38 Å². The van der Waals surface area contributed by atoms with Crippen molar-refractivity contribution in [2.45, 2.75) is 27.7 Å². The summed E-state index contributed by atoms with van der Waals surface area (Å²) in [6, 6.07) is 12.8.